The van der Waals surface area contributed by atoms with Gasteiger partial charge >= 0.3 is 0 Å². The fraction of sp³-hybridized carbons (Fsp3) is 0.263. The molecule has 2 aromatic rings. The molecule has 136 valence electrons. The summed E-state index contributed by atoms with van der Waals surface area (Å²) < 4.78 is 0. The van der Waals surface area contributed by atoms with Crippen molar-refractivity contribution in [3.05, 3.63) is 53.9 Å². The van der Waals surface area contributed by atoms with Crippen molar-refractivity contribution in [2.24, 2.45) is 5.92 Å². The normalized spacial score (nSPS) is 10.3. The van der Waals surface area contributed by atoms with Crippen molar-refractivity contribution in [2.45, 2.75) is 20.8 Å². The van der Waals surface area contributed by atoms with E-state index in [1.54, 1.807) is 30.3 Å². The molecule has 0 radical (unpaired) electrons. The van der Waals surface area contributed by atoms with Crippen molar-refractivity contribution < 1.29 is 14.4 Å². The number of carbonyl (C=O) groups excluding carboxylic acids is 3. The molecule has 0 atom stereocenters. The van der Waals surface area contributed by atoms with Crippen LogP contribution in [-0.2, 0) is 4.79 Å². The van der Waals surface area contributed by atoms with E-state index in [0.717, 1.165) is 0 Å². The Morgan fingerprint density at radius 3 is 2.35 bits per heavy atom. The van der Waals surface area contributed by atoms with Crippen LogP contribution in [0.2, 0.25) is 0 Å². The lowest BCUT2D eigenvalue weighted by Gasteiger charge is -2.09. The topological polar surface area (TPSA) is 100 Å². The molecule has 7 heteroatoms. The Bertz CT molecular complexity index is 818. The molecular weight excluding hydrogens is 332 g/mol. The smallest absolute Gasteiger partial charge is 0.274 e. The van der Waals surface area contributed by atoms with Crippen molar-refractivity contribution in [1.29, 1.82) is 0 Å². The summed E-state index contributed by atoms with van der Waals surface area (Å²) in [5.41, 5.74) is 1.59. The third kappa shape index (κ3) is 5.70. The highest BCUT2D eigenvalue weighted by Gasteiger charge is 2.12. The first-order chi connectivity index (χ1) is 12.3. The van der Waals surface area contributed by atoms with E-state index in [2.05, 4.69) is 20.9 Å². The van der Waals surface area contributed by atoms with E-state index in [4.69, 9.17) is 0 Å². The number of rotatable bonds is 6. The molecule has 0 unspecified atom stereocenters. The van der Waals surface area contributed by atoms with Gasteiger partial charge in [-0.25, -0.2) is 0 Å². The zero-order valence-corrected chi connectivity index (χ0v) is 15.0. The van der Waals surface area contributed by atoms with Crippen LogP contribution in [0, 0.1) is 5.92 Å². The average Bonchev–Trinajstić information content (AvgIpc) is 2.59. The number of pyridine rings is 1. The first-order valence-corrected chi connectivity index (χ1v) is 8.28. The Hall–Kier alpha value is -3.22. The maximum absolute atomic E-state index is 12.4. The summed E-state index contributed by atoms with van der Waals surface area (Å²) >= 11 is 0. The minimum atomic E-state index is -0.441. The van der Waals surface area contributed by atoms with Gasteiger partial charge in [0.2, 0.25) is 5.91 Å². The van der Waals surface area contributed by atoms with Gasteiger partial charge in [0.25, 0.3) is 11.8 Å². The summed E-state index contributed by atoms with van der Waals surface area (Å²) in [6.07, 6.45) is 1.42. The monoisotopic (exact) mass is 354 g/mol. The van der Waals surface area contributed by atoms with E-state index in [1.807, 2.05) is 13.8 Å². The Morgan fingerprint density at radius 2 is 1.69 bits per heavy atom. The van der Waals surface area contributed by atoms with Crippen molar-refractivity contribution in [2.75, 3.05) is 17.2 Å². The Morgan fingerprint density at radius 1 is 1.00 bits per heavy atom. The molecule has 0 saturated heterocycles. The first-order valence-electron chi connectivity index (χ1n) is 8.28. The summed E-state index contributed by atoms with van der Waals surface area (Å²) in [4.78, 5) is 39.7. The molecule has 3 N–H and O–H groups in total. The van der Waals surface area contributed by atoms with E-state index < -0.39 is 5.91 Å². The van der Waals surface area contributed by atoms with Crippen LogP contribution in [0.3, 0.4) is 0 Å². The maximum atomic E-state index is 12.4. The number of hydrogen-bond acceptors (Lipinski definition) is 4. The third-order valence-electron chi connectivity index (χ3n) is 3.37. The van der Waals surface area contributed by atoms with Gasteiger partial charge in [-0.2, -0.15) is 0 Å². The van der Waals surface area contributed by atoms with Gasteiger partial charge in [-0.1, -0.05) is 19.9 Å². The van der Waals surface area contributed by atoms with Crippen LogP contribution in [0.5, 0.6) is 0 Å². The summed E-state index contributed by atoms with van der Waals surface area (Å²) in [7, 11) is 0. The highest BCUT2D eigenvalue weighted by atomic mass is 16.2. The van der Waals surface area contributed by atoms with Gasteiger partial charge in [-0.05, 0) is 36.2 Å². The number of aromatic nitrogens is 1. The standard InChI is InChI=1S/C19H22N4O3/c1-12(2)11-21-18(25)14-7-8-20-17(9-14)19(26)23-16-6-4-5-15(10-16)22-13(3)24/h4-10,12H,11H2,1-3H3,(H,21,25)(H,22,24)(H,23,26). The number of hydrogen-bond donors (Lipinski definition) is 3. The van der Waals surface area contributed by atoms with Crippen LogP contribution in [-0.4, -0.2) is 29.3 Å². The molecule has 1 heterocycles. The minimum absolute atomic E-state index is 0.132. The molecule has 26 heavy (non-hydrogen) atoms. The number of nitrogens with one attached hydrogen (secondary N) is 3. The van der Waals surface area contributed by atoms with E-state index in [0.29, 0.717) is 29.4 Å². The number of benzene rings is 1. The first kappa shape index (κ1) is 19.1. The lowest BCUT2D eigenvalue weighted by molar-refractivity contribution is -0.114. The predicted octanol–water partition coefficient (Wildman–Crippen LogP) is 2.68. The zero-order valence-electron chi connectivity index (χ0n) is 15.0. The second-order valence-electron chi connectivity index (χ2n) is 6.25. The Kier molecular flexibility index (Phi) is 6.43. The molecule has 0 aliphatic carbocycles. The molecule has 7 nitrogen and oxygen atoms in total. The van der Waals surface area contributed by atoms with Crippen molar-refractivity contribution in [1.82, 2.24) is 10.3 Å². The molecule has 0 fully saturated rings. The molecular formula is C19H22N4O3. The van der Waals surface area contributed by atoms with E-state index in [-0.39, 0.29) is 17.5 Å². The molecule has 0 bridgehead atoms. The fourth-order valence-corrected chi connectivity index (χ4v) is 2.17. The number of carbonyl (C=O) groups is 3. The quantitative estimate of drug-likeness (QED) is 0.742. The lowest BCUT2D eigenvalue weighted by Crippen LogP contribution is -2.27. The van der Waals surface area contributed by atoms with Crippen LogP contribution < -0.4 is 16.0 Å². The predicted molar refractivity (Wildman–Crippen MR) is 100 cm³/mol. The third-order valence-corrected chi connectivity index (χ3v) is 3.37. The van der Waals surface area contributed by atoms with Crippen molar-refractivity contribution in [3.63, 3.8) is 0 Å². The zero-order chi connectivity index (χ0) is 19.1. The second-order valence-corrected chi connectivity index (χ2v) is 6.25. The van der Waals surface area contributed by atoms with Gasteiger partial charge in [0.1, 0.15) is 5.69 Å². The van der Waals surface area contributed by atoms with Gasteiger partial charge in [-0.3, -0.25) is 19.4 Å². The Labute approximate surface area is 152 Å². The molecule has 3 amide bonds. The highest BCUT2D eigenvalue weighted by Crippen LogP contribution is 2.16. The summed E-state index contributed by atoms with van der Waals surface area (Å²) in [5.74, 6) is -0.555. The second kappa shape index (κ2) is 8.75. The van der Waals surface area contributed by atoms with E-state index in [9.17, 15) is 14.4 Å². The molecule has 1 aromatic heterocycles. The molecule has 2 rings (SSSR count). The Balaban J connectivity index is 2.09. The van der Waals surface area contributed by atoms with Crippen molar-refractivity contribution in [3.8, 4) is 0 Å². The maximum Gasteiger partial charge on any atom is 0.274 e. The van der Waals surface area contributed by atoms with Gasteiger partial charge in [0, 0.05) is 36.6 Å². The van der Waals surface area contributed by atoms with Gasteiger partial charge in [0.15, 0.2) is 0 Å². The summed E-state index contributed by atoms with van der Waals surface area (Å²) in [5, 5.41) is 8.15. The highest BCUT2D eigenvalue weighted by molar-refractivity contribution is 6.05. The van der Waals surface area contributed by atoms with Gasteiger partial charge < -0.3 is 16.0 Å². The molecule has 0 spiro atoms. The molecule has 0 aliphatic rings. The van der Waals surface area contributed by atoms with Gasteiger partial charge in [0.05, 0.1) is 0 Å². The summed E-state index contributed by atoms with van der Waals surface area (Å²) in [6, 6.07) is 9.77. The SMILES string of the molecule is CC(=O)Nc1cccc(NC(=O)c2cc(C(=O)NCC(C)C)ccn2)c1. The van der Waals surface area contributed by atoms with Crippen LogP contribution in [0.1, 0.15) is 41.6 Å². The molecule has 0 aliphatic heterocycles. The molecule has 1 aromatic carbocycles. The van der Waals surface area contributed by atoms with E-state index >= 15 is 0 Å². The van der Waals surface area contributed by atoms with Gasteiger partial charge in [-0.15, -0.1) is 0 Å². The van der Waals surface area contributed by atoms with Crippen LogP contribution in [0.25, 0.3) is 0 Å². The fourth-order valence-electron chi connectivity index (χ4n) is 2.17. The lowest BCUT2D eigenvalue weighted by atomic mass is 10.2. The molecule has 0 saturated carbocycles. The van der Waals surface area contributed by atoms with Crippen LogP contribution in [0.15, 0.2) is 42.6 Å². The largest absolute Gasteiger partial charge is 0.352 e. The average molecular weight is 354 g/mol. The van der Waals surface area contributed by atoms with Crippen molar-refractivity contribution >= 4 is 29.1 Å². The number of nitrogens with zero attached hydrogens (tertiary/aromatic N) is 1. The van der Waals surface area contributed by atoms with Crippen LogP contribution >= 0.6 is 0 Å². The number of amides is 3. The summed E-state index contributed by atoms with van der Waals surface area (Å²) in [6.45, 7) is 5.96. The number of anilines is 2. The minimum Gasteiger partial charge on any atom is -0.352 e. The van der Waals surface area contributed by atoms with Crippen LogP contribution in [0.4, 0.5) is 11.4 Å². The van der Waals surface area contributed by atoms with E-state index in [1.165, 1.54) is 19.2 Å².